The maximum atomic E-state index is 13.4. The second-order valence-corrected chi connectivity index (χ2v) is 13.4. The van der Waals surface area contributed by atoms with Crippen LogP contribution in [-0.2, 0) is 18.9 Å². The average molecular weight is 526 g/mol. The fourth-order valence-electron chi connectivity index (χ4n) is 11.9. The van der Waals surface area contributed by atoms with Crippen LogP contribution in [0.4, 0.5) is 0 Å². The minimum atomic E-state index is -1.55. The lowest BCUT2D eigenvalue weighted by Gasteiger charge is -2.76. The lowest BCUT2D eigenvalue weighted by Crippen LogP contribution is -2.86. The Labute approximate surface area is 223 Å². The second kappa shape index (κ2) is 7.39. The van der Waals surface area contributed by atoms with E-state index in [1.807, 2.05) is 18.2 Å². The molecule has 5 saturated carbocycles. The van der Waals surface area contributed by atoms with E-state index >= 15 is 0 Å². The summed E-state index contributed by atoms with van der Waals surface area (Å²) < 4.78 is 25.5. The lowest BCUT2D eigenvalue weighted by atomic mass is 9.41. The van der Waals surface area contributed by atoms with Gasteiger partial charge in [0, 0.05) is 49.2 Å². The zero-order valence-electron chi connectivity index (χ0n) is 22.6. The normalized spacial score (nSPS) is 56.9. The molecule has 206 valence electrons. The third-order valence-electron chi connectivity index (χ3n) is 12.7. The van der Waals surface area contributed by atoms with Crippen LogP contribution in [0.1, 0.15) is 49.9 Å². The van der Waals surface area contributed by atoms with Crippen LogP contribution < -0.4 is 0 Å². The maximum absolute atomic E-state index is 13.4. The lowest BCUT2D eigenvalue weighted by molar-refractivity contribution is -0.403. The smallest absolute Gasteiger partial charge is 0.338 e. The highest BCUT2D eigenvalue weighted by molar-refractivity contribution is 5.89. The third kappa shape index (κ3) is 2.27. The molecule has 0 radical (unpaired) electrons. The molecule has 9 bridgehead atoms. The van der Waals surface area contributed by atoms with Crippen LogP contribution in [0, 0.1) is 34.5 Å². The molecule has 8 nitrogen and oxygen atoms in total. The summed E-state index contributed by atoms with van der Waals surface area (Å²) in [6, 6.07) is 8.75. The van der Waals surface area contributed by atoms with Gasteiger partial charge in [0.1, 0.15) is 23.5 Å². The minimum absolute atomic E-state index is 0.0147. The fraction of sp³-hybridized carbons (Fsp3) is 0.767. The average Bonchev–Trinajstić information content (AvgIpc) is 3.35. The Bertz CT molecular complexity index is 1180. The largest absolute Gasteiger partial charge is 0.458 e. The van der Waals surface area contributed by atoms with Crippen molar-refractivity contribution in [2.45, 2.75) is 87.4 Å². The van der Waals surface area contributed by atoms with Gasteiger partial charge in [0.15, 0.2) is 0 Å². The molecule has 14 atom stereocenters. The minimum Gasteiger partial charge on any atom is -0.458 e. The molecule has 4 heterocycles. The van der Waals surface area contributed by atoms with E-state index in [-0.39, 0.29) is 47.6 Å². The van der Waals surface area contributed by atoms with Crippen LogP contribution in [0.25, 0.3) is 0 Å². The Kier molecular flexibility index (Phi) is 4.72. The topological polar surface area (TPSA) is 97.7 Å². The number of hydrogen-bond acceptors (Lipinski definition) is 8. The van der Waals surface area contributed by atoms with E-state index in [0.717, 1.165) is 25.8 Å². The summed E-state index contributed by atoms with van der Waals surface area (Å²) in [6.45, 7) is 5.16. The van der Waals surface area contributed by atoms with Gasteiger partial charge in [-0.3, -0.25) is 4.90 Å². The van der Waals surface area contributed by atoms with Crippen molar-refractivity contribution in [3.05, 3.63) is 35.9 Å². The van der Waals surface area contributed by atoms with E-state index in [9.17, 15) is 15.0 Å². The number of ether oxygens (including phenoxy) is 4. The number of esters is 1. The quantitative estimate of drug-likeness (QED) is 0.565. The molecule has 0 aromatic heterocycles. The monoisotopic (exact) mass is 525 g/mol. The maximum Gasteiger partial charge on any atom is 0.338 e. The van der Waals surface area contributed by atoms with Gasteiger partial charge in [0.05, 0.1) is 29.9 Å². The Hall–Kier alpha value is -1.55. The molecule has 4 aliphatic heterocycles. The van der Waals surface area contributed by atoms with E-state index in [1.165, 1.54) is 0 Å². The van der Waals surface area contributed by atoms with Crippen LogP contribution in [0.15, 0.2) is 30.3 Å². The first-order valence-electron chi connectivity index (χ1n) is 14.4. The van der Waals surface area contributed by atoms with Gasteiger partial charge in [-0.25, -0.2) is 4.79 Å². The molecular weight excluding hydrogens is 486 g/mol. The summed E-state index contributed by atoms with van der Waals surface area (Å²) in [6.07, 6.45) is 1.48. The van der Waals surface area contributed by atoms with Gasteiger partial charge in [-0.05, 0) is 43.9 Å². The molecule has 2 N–H and O–H groups in total. The van der Waals surface area contributed by atoms with Gasteiger partial charge in [-0.15, -0.1) is 0 Å². The van der Waals surface area contributed by atoms with Crippen molar-refractivity contribution >= 4 is 5.97 Å². The molecule has 4 saturated heterocycles. The van der Waals surface area contributed by atoms with Crippen molar-refractivity contribution in [1.29, 1.82) is 0 Å². The number of methoxy groups -OCH3 is 2. The molecule has 5 aliphatic carbocycles. The summed E-state index contributed by atoms with van der Waals surface area (Å²) in [5.41, 5.74) is -3.18. The van der Waals surface area contributed by atoms with Crippen molar-refractivity contribution in [3.63, 3.8) is 0 Å². The van der Waals surface area contributed by atoms with Crippen LogP contribution in [0.5, 0.6) is 0 Å². The number of benzene rings is 1. The number of rotatable bonds is 5. The van der Waals surface area contributed by atoms with E-state index in [4.69, 9.17) is 18.9 Å². The molecule has 8 heteroatoms. The molecule has 9 fully saturated rings. The first kappa shape index (κ1) is 24.3. The van der Waals surface area contributed by atoms with Crippen molar-refractivity contribution in [1.82, 2.24) is 4.90 Å². The standard InChI is InChI=1S/C30H39NO7/c1-5-31-25-29-17-13-16-18(35-3)14-28(33,20(17)21(16)38-24(32)15-9-7-6-8-10-15)30(25,34)23(36-4)22(29)27(2)12-11-19(29)37-26(27)31/h6-10,16-23,25-26,33-34H,5,11-14H2,1-4H3/t16-,17-,18+,19+,20-,21+,22-,23+,25?,26?,27-,28-,29+,30-/m1/s1. The highest BCUT2D eigenvalue weighted by atomic mass is 16.6. The van der Waals surface area contributed by atoms with E-state index < -0.39 is 40.7 Å². The van der Waals surface area contributed by atoms with Gasteiger partial charge in [-0.1, -0.05) is 32.0 Å². The molecule has 10 rings (SSSR count). The van der Waals surface area contributed by atoms with Crippen molar-refractivity contribution < 1.29 is 34.0 Å². The van der Waals surface area contributed by atoms with Gasteiger partial charge < -0.3 is 29.2 Å². The Morgan fingerprint density at radius 2 is 1.95 bits per heavy atom. The highest BCUT2D eigenvalue weighted by Crippen LogP contribution is 2.83. The summed E-state index contributed by atoms with van der Waals surface area (Å²) in [4.78, 5) is 15.7. The van der Waals surface area contributed by atoms with Gasteiger partial charge in [-0.2, -0.15) is 0 Å². The van der Waals surface area contributed by atoms with Crippen molar-refractivity contribution in [2.75, 3.05) is 20.8 Å². The van der Waals surface area contributed by atoms with Crippen molar-refractivity contribution in [3.8, 4) is 0 Å². The number of hydrogen-bond donors (Lipinski definition) is 2. The van der Waals surface area contributed by atoms with Gasteiger partial charge in [0.25, 0.3) is 0 Å². The SMILES string of the molecule is CCN1C2O[C@H]3CC[C@]2(C)[C@H]2[C@H](OC)[C@@]4(O)C1[C@@]32[C@@H]1C[C@H]2[C@H](OC(=O)c3ccccc3)[C@@H]1[C@]4(O)C[C@@H]2OC. The molecular formula is C30H39NO7. The third-order valence-corrected chi connectivity index (χ3v) is 12.7. The molecule has 38 heavy (non-hydrogen) atoms. The van der Waals surface area contributed by atoms with Crippen molar-refractivity contribution in [2.24, 2.45) is 34.5 Å². The first-order valence-corrected chi connectivity index (χ1v) is 14.4. The Morgan fingerprint density at radius 1 is 1.18 bits per heavy atom. The first-order chi connectivity index (χ1) is 18.2. The molecule has 2 unspecified atom stereocenters. The predicted octanol–water partition coefficient (Wildman–Crippen LogP) is 2.22. The molecule has 1 aromatic rings. The number of carbonyl (C=O) groups is 1. The van der Waals surface area contributed by atoms with Crippen LogP contribution in [-0.4, -0.2) is 89.7 Å². The second-order valence-electron chi connectivity index (χ2n) is 13.4. The Morgan fingerprint density at radius 3 is 2.63 bits per heavy atom. The molecule has 1 aromatic carbocycles. The van der Waals surface area contributed by atoms with Gasteiger partial charge >= 0.3 is 5.97 Å². The van der Waals surface area contributed by atoms with E-state index in [2.05, 4.69) is 18.7 Å². The summed E-state index contributed by atoms with van der Waals surface area (Å²) in [5, 5.41) is 26.1. The zero-order chi connectivity index (χ0) is 26.4. The predicted molar refractivity (Wildman–Crippen MR) is 135 cm³/mol. The van der Waals surface area contributed by atoms with Gasteiger partial charge in [0.2, 0.25) is 0 Å². The van der Waals surface area contributed by atoms with Crippen LogP contribution in [0.3, 0.4) is 0 Å². The molecule has 1 spiro atoms. The number of likely N-dealkylation sites (N-methyl/N-ethyl adjacent to an activating group) is 1. The van der Waals surface area contributed by atoms with E-state index in [0.29, 0.717) is 12.0 Å². The number of nitrogens with zero attached hydrogens (tertiary/aromatic N) is 1. The summed E-state index contributed by atoms with van der Waals surface area (Å²) >= 11 is 0. The zero-order valence-corrected chi connectivity index (χ0v) is 22.6. The van der Waals surface area contributed by atoms with Crippen LogP contribution in [0.2, 0.25) is 0 Å². The number of piperidine rings is 1. The summed E-state index contributed by atoms with van der Waals surface area (Å²) in [5.74, 6) is -0.796. The van der Waals surface area contributed by atoms with Crippen LogP contribution >= 0.6 is 0 Å². The molecule has 0 amide bonds. The number of aliphatic hydroxyl groups is 2. The number of carbonyl (C=O) groups excluding carboxylic acids is 1. The Balaban J connectivity index is 1.34. The summed E-state index contributed by atoms with van der Waals surface area (Å²) in [7, 11) is 3.35. The highest BCUT2D eigenvalue weighted by Gasteiger charge is 2.94. The number of fused-ring (bicyclic) bond motifs is 3. The fourth-order valence-corrected chi connectivity index (χ4v) is 11.9. The van der Waals surface area contributed by atoms with E-state index in [1.54, 1.807) is 26.4 Å². The molecule has 9 aliphatic rings.